The van der Waals surface area contributed by atoms with Gasteiger partial charge >= 0.3 is 0 Å². The second-order valence-electron chi connectivity index (χ2n) is 7.52. The van der Waals surface area contributed by atoms with Gasteiger partial charge in [-0.2, -0.15) is 4.31 Å². The van der Waals surface area contributed by atoms with Crippen LogP contribution >= 0.6 is 12.4 Å². The first-order valence-electron chi connectivity index (χ1n) is 10.1. The third-order valence-electron chi connectivity index (χ3n) is 5.70. The van der Waals surface area contributed by atoms with E-state index < -0.39 is 16.1 Å². The Bertz CT molecular complexity index is 721. The summed E-state index contributed by atoms with van der Waals surface area (Å²) in [5.74, 6) is 0.584. The average molecular weight is 430 g/mol. The minimum Gasteiger partial charge on any atom is -0.341 e. The van der Waals surface area contributed by atoms with Crippen molar-refractivity contribution in [3.05, 3.63) is 30.3 Å². The molecule has 0 saturated carbocycles. The maximum absolute atomic E-state index is 13.2. The minimum absolute atomic E-state index is 0. The number of sulfonamides is 1. The van der Waals surface area contributed by atoms with E-state index >= 15 is 0 Å². The van der Waals surface area contributed by atoms with E-state index in [0.29, 0.717) is 18.9 Å². The molecule has 8 heteroatoms. The van der Waals surface area contributed by atoms with Crippen LogP contribution < -0.4 is 5.32 Å². The molecule has 2 saturated heterocycles. The fraction of sp³-hybridized carbons (Fsp3) is 0.650. The van der Waals surface area contributed by atoms with Gasteiger partial charge < -0.3 is 10.2 Å². The van der Waals surface area contributed by atoms with Crippen LogP contribution in [0.15, 0.2) is 35.2 Å². The Morgan fingerprint density at radius 1 is 1.07 bits per heavy atom. The molecule has 2 heterocycles. The fourth-order valence-corrected chi connectivity index (χ4v) is 5.76. The molecule has 158 valence electrons. The Hall–Kier alpha value is -1.15. The topological polar surface area (TPSA) is 69.7 Å². The third kappa shape index (κ3) is 5.26. The van der Waals surface area contributed by atoms with Gasteiger partial charge in [-0.05, 0) is 56.8 Å². The predicted molar refractivity (Wildman–Crippen MR) is 113 cm³/mol. The van der Waals surface area contributed by atoms with Crippen molar-refractivity contribution in [2.75, 3.05) is 32.7 Å². The lowest BCUT2D eigenvalue weighted by Crippen LogP contribution is -2.54. The Balaban J connectivity index is 0.00000280. The van der Waals surface area contributed by atoms with Crippen LogP contribution in [-0.4, -0.2) is 62.3 Å². The normalized spacial score (nSPS) is 21.9. The second kappa shape index (κ2) is 10.6. The van der Waals surface area contributed by atoms with Gasteiger partial charge in [-0.1, -0.05) is 31.5 Å². The van der Waals surface area contributed by atoms with E-state index in [0.717, 1.165) is 51.9 Å². The number of nitrogens with one attached hydrogen (secondary N) is 1. The highest BCUT2D eigenvalue weighted by Gasteiger charge is 2.40. The molecule has 1 unspecified atom stereocenters. The smallest absolute Gasteiger partial charge is 0.243 e. The molecule has 1 aromatic rings. The molecular formula is C20H32ClN3O3S. The number of likely N-dealkylation sites (tertiary alicyclic amines) is 1. The van der Waals surface area contributed by atoms with Crippen LogP contribution in [0.25, 0.3) is 0 Å². The van der Waals surface area contributed by atoms with Crippen molar-refractivity contribution in [1.82, 2.24) is 14.5 Å². The zero-order chi connectivity index (χ0) is 19.3. The second-order valence-corrected chi connectivity index (χ2v) is 9.41. The van der Waals surface area contributed by atoms with Gasteiger partial charge in [0.15, 0.2) is 0 Å². The number of halogens is 1. The number of carbonyl (C=O) groups is 1. The first kappa shape index (κ1) is 23.1. The van der Waals surface area contributed by atoms with Gasteiger partial charge in [0.1, 0.15) is 6.04 Å². The highest BCUT2D eigenvalue weighted by Crippen LogP contribution is 2.28. The van der Waals surface area contributed by atoms with Crippen molar-refractivity contribution >= 4 is 28.3 Å². The van der Waals surface area contributed by atoms with E-state index in [1.54, 1.807) is 30.3 Å². The highest BCUT2D eigenvalue weighted by molar-refractivity contribution is 7.89. The van der Waals surface area contributed by atoms with Crippen LogP contribution in [0, 0.1) is 5.92 Å². The molecule has 0 aliphatic carbocycles. The molecule has 6 nitrogen and oxygen atoms in total. The summed E-state index contributed by atoms with van der Waals surface area (Å²) in [4.78, 5) is 15.3. The monoisotopic (exact) mass is 429 g/mol. The number of carbonyl (C=O) groups excluding carboxylic acids is 1. The number of piperidine rings is 2. The standard InChI is InChI=1S/C20H31N3O3S.ClH/c1-2-21-16-17-11-14-22(15-12-17)20(24)19-10-6-7-13-23(19)27(25,26)18-8-4-3-5-9-18;/h3-5,8-9,17,19,21H,2,6-7,10-16H2,1H3;1H. The van der Waals surface area contributed by atoms with Gasteiger partial charge in [0.25, 0.3) is 0 Å². The maximum Gasteiger partial charge on any atom is 0.243 e. The number of amides is 1. The molecule has 2 aliphatic rings. The fourth-order valence-electron chi connectivity index (χ4n) is 4.08. The Morgan fingerprint density at radius 3 is 2.39 bits per heavy atom. The van der Waals surface area contributed by atoms with Crippen LogP contribution in [0.2, 0.25) is 0 Å². The van der Waals surface area contributed by atoms with E-state index in [2.05, 4.69) is 12.2 Å². The molecule has 3 rings (SSSR count). The third-order valence-corrected chi connectivity index (χ3v) is 7.62. The molecule has 1 aromatic carbocycles. The summed E-state index contributed by atoms with van der Waals surface area (Å²) in [7, 11) is -3.64. The quantitative estimate of drug-likeness (QED) is 0.754. The molecule has 0 radical (unpaired) electrons. The molecule has 1 N–H and O–H groups in total. The lowest BCUT2D eigenvalue weighted by atomic mass is 9.95. The summed E-state index contributed by atoms with van der Waals surface area (Å²) in [5.41, 5.74) is 0. The molecular weight excluding hydrogens is 398 g/mol. The lowest BCUT2D eigenvalue weighted by Gasteiger charge is -2.39. The summed E-state index contributed by atoms with van der Waals surface area (Å²) >= 11 is 0. The lowest BCUT2D eigenvalue weighted by molar-refractivity contribution is -0.137. The van der Waals surface area contributed by atoms with Crippen molar-refractivity contribution in [3.8, 4) is 0 Å². The van der Waals surface area contributed by atoms with Crippen LogP contribution in [0.1, 0.15) is 39.0 Å². The molecule has 0 bridgehead atoms. The minimum atomic E-state index is -3.64. The number of hydrogen-bond donors (Lipinski definition) is 1. The number of rotatable bonds is 6. The number of hydrogen-bond acceptors (Lipinski definition) is 4. The number of benzene rings is 1. The molecule has 1 atom stereocenters. The molecule has 2 fully saturated rings. The highest BCUT2D eigenvalue weighted by atomic mass is 35.5. The van der Waals surface area contributed by atoms with Gasteiger partial charge in [0.2, 0.25) is 15.9 Å². The van der Waals surface area contributed by atoms with Crippen LogP contribution in [0.5, 0.6) is 0 Å². The van der Waals surface area contributed by atoms with E-state index in [-0.39, 0.29) is 23.2 Å². The molecule has 1 amide bonds. The summed E-state index contributed by atoms with van der Waals surface area (Å²) in [6.07, 6.45) is 4.28. The van der Waals surface area contributed by atoms with Crippen LogP contribution in [-0.2, 0) is 14.8 Å². The molecule has 0 aromatic heterocycles. The first-order chi connectivity index (χ1) is 13.0. The van der Waals surface area contributed by atoms with Crippen LogP contribution in [0.3, 0.4) is 0 Å². The molecule has 28 heavy (non-hydrogen) atoms. The zero-order valence-corrected chi connectivity index (χ0v) is 18.2. The Morgan fingerprint density at radius 2 is 1.75 bits per heavy atom. The summed E-state index contributed by atoms with van der Waals surface area (Å²) in [6.45, 7) is 5.94. The van der Waals surface area contributed by atoms with E-state index in [1.165, 1.54) is 4.31 Å². The summed E-state index contributed by atoms with van der Waals surface area (Å²) in [5, 5.41) is 3.38. The first-order valence-corrected chi connectivity index (χ1v) is 11.5. The van der Waals surface area contributed by atoms with E-state index in [1.807, 2.05) is 4.90 Å². The Labute approximate surface area is 175 Å². The van der Waals surface area contributed by atoms with E-state index in [9.17, 15) is 13.2 Å². The average Bonchev–Trinajstić information content (AvgIpc) is 2.72. The van der Waals surface area contributed by atoms with Gasteiger partial charge in [-0.15, -0.1) is 12.4 Å². The van der Waals surface area contributed by atoms with Crippen molar-refractivity contribution in [3.63, 3.8) is 0 Å². The van der Waals surface area contributed by atoms with Gasteiger partial charge in [-0.25, -0.2) is 8.42 Å². The van der Waals surface area contributed by atoms with Crippen LogP contribution in [0.4, 0.5) is 0 Å². The Kier molecular flexibility index (Phi) is 8.74. The zero-order valence-electron chi connectivity index (χ0n) is 16.5. The van der Waals surface area contributed by atoms with Crippen molar-refractivity contribution in [2.45, 2.75) is 50.0 Å². The summed E-state index contributed by atoms with van der Waals surface area (Å²) in [6, 6.07) is 7.91. The van der Waals surface area contributed by atoms with Crippen molar-refractivity contribution in [2.24, 2.45) is 5.92 Å². The molecule has 0 spiro atoms. The van der Waals surface area contributed by atoms with Crippen molar-refractivity contribution in [1.29, 1.82) is 0 Å². The summed E-state index contributed by atoms with van der Waals surface area (Å²) < 4.78 is 27.6. The SMILES string of the molecule is CCNCC1CCN(C(=O)C2CCCCN2S(=O)(=O)c2ccccc2)CC1.Cl. The van der Waals surface area contributed by atoms with E-state index in [4.69, 9.17) is 0 Å². The van der Waals surface area contributed by atoms with Crippen molar-refractivity contribution < 1.29 is 13.2 Å². The number of nitrogens with zero attached hydrogens (tertiary/aromatic N) is 2. The largest absolute Gasteiger partial charge is 0.341 e. The van der Waals surface area contributed by atoms with Gasteiger partial charge in [-0.3, -0.25) is 4.79 Å². The van der Waals surface area contributed by atoms with Gasteiger partial charge in [0, 0.05) is 19.6 Å². The maximum atomic E-state index is 13.2. The predicted octanol–water partition coefficient (Wildman–Crippen LogP) is 2.50. The molecule has 2 aliphatic heterocycles. The van der Waals surface area contributed by atoms with Gasteiger partial charge in [0.05, 0.1) is 4.90 Å².